The van der Waals surface area contributed by atoms with Crippen LogP contribution in [0.5, 0.6) is 0 Å². The van der Waals surface area contributed by atoms with Crippen molar-refractivity contribution in [2.24, 2.45) is 15.4 Å². The van der Waals surface area contributed by atoms with Crippen LogP contribution in [0.15, 0.2) is 9.98 Å². The minimum Gasteiger partial charge on any atom is -0.301 e. The van der Waals surface area contributed by atoms with E-state index in [0.29, 0.717) is 0 Å². The van der Waals surface area contributed by atoms with Crippen molar-refractivity contribution in [1.29, 1.82) is 0 Å². The average molecular weight is 156 g/mol. The summed E-state index contributed by atoms with van der Waals surface area (Å²) in [5.74, 6) is 0. The molecule has 0 radical (unpaired) electrons. The van der Waals surface area contributed by atoms with Crippen molar-refractivity contribution in [3.8, 4) is 0 Å². The van der Waals surface area contributed by atoms with Gasteiger partial charge in [-0.05, 0) is 18.6 Å². The standard InChI is InChI=1S/C6H13N.C3H7N/c1-6(2,3)5-7-4;1-3-4-2/h5H,1-4H3;3H,1-2H3. The van der Waals surface area contributed by atoms with Gasteiger partial charge in [0.25, 0.3) is 0 Å². The van der Waals surface area contributed by atoms with Crippen LogP contribution in [0.3, 0.4) is 0 Å². The molecule has 2 nitrogen and oxygen atoms in total. The van der Waals surface area contributed by atoms with Gasteiger partial charge < -0.3 is 9.98 Å². The largest absolute Gasteiger partial charge is 0.301 e. The lowest BCUT2D eigenvalue weighted by Crippen LogP contribution is -2.05. The molecule has 0 fully saturated rings. The molecule has 0 unspecified atom stereocenters. The van der Waals surface area contributed by atoms with Gasteiger partial charge in [0.05, 0.1) is 0 Å². The van der Waals surface area contributed by atoms with Crippen LogP contribution < -0.4 is 0 Å². The van der Waals surface area contributed by atoms with Gasteiger partial charge in [-0.25, -0.2) is 0 Å². The number of aliphatic imine (C=N–C) groups is 2. The van der Waals surface area contributed by atoms with Gasteiger partial charge in [-0.2, -0.15) is 0 Å². The van der Waals surface area contributed by atoms with Gasteiger partial charge >= 0.3 is 0 Å². The number of nitrogens with zero attached hydrogens (tertiary/aromatic N) is 2. The first-order chi connectivity index (χ1) is 4.97. The Morgan fingerprint density at radius 1 is 1.00 bits per heavy atom. The predicted octanol–water partition coefficient (Wildman–Crippen LogP) is 2.44. The van der Waals surface area contributed by atoms with Gasteiger partial charge in [0, 0.05) is 20.3 Å². The zero-order chi connectivity index (χ0) is 9.33. The summed E-state index contributed by atoms with van der Waals surface area (Å²) in [5, 5.41) is 0. The summed E-state index contributed by atoms with van der Waals surface area (Å²) in [6.07, 6.45) is 3.69. The Balaban J connectivity index is 0. The number of rotatable bonds is 0. The Morgan fingerprint density at radius 2 is 1.36 bits per heavy atom. The molecule has 0 aliphatic heterocycles. The first-order valence-electron chi connectivity index (χ1n) is 3.78. The van der Waals surface area contributed by atoms with E-state index in [0.717, 1.165) is 0 Å². The third kappa shape index (κ3) is 26.7. The van der Waals surface area contributed by atoms with E-state index in [1.165, 1.54) is 0 Å². The molecule has 0 spiro atoms. The second-order valence-electron chi connectivity index (χ2n) is 3.27. The summed E-state index contributed by atoms with van der Waals surface area (Å²) in [6.45, 7) is 8.26. The van der Waals surface area contributed by atoms with Crippen molar-refractivity contribution in [3.05, 3.63) is 0 Å². The lowest BCUT2D eigenvalue weighted by atomic mass is 9.99. The first kappa shape index (κ1) is 13.0. The highest BCUT2D eigenvalue weighted by molar-refractivity contribution is 5.63. The van der Waals surface area contributed by atoms with Crippen LogP contribution in [-0.4, -0.2) is 26.5 Å². The molecule has 0 bridgehead atoms. The van der Waals surface area contributed by atoms with E-state index in [4.69, 9.17) is 0 Å². The summed E-state index contributed by atoms with van der Waals surface area (Å²) >= 11 is 0. The molecule has 0 aliphatic rings. The summed E-state index contributed by atoms with van der Waals surface area (Å²) in [5.41, 5.74) is 0.259. The van der Waals surface area contributed by atoms with E-state index >= 15 is 0 Å². The van der Waals surface area contributed by atoms with Crippen molar-refractivity contribution in [2.45, 2.75) is 27.7 Å². The van der Waals surface area contributed by atoms with E-state index in [-0.39, 0.29) is 5.41 Å². The fourth-order valence-electron chi connectivity index (χ4n) is 0.387. The SMILES string of the molecule is CC=NC.CN=CC(C)(C)C. The quantitative estimate of drug-likeness (QED) is 0.481. The Morgan fingerprint density at radius 3 is 1.36 bits per heavy atom. The van der Waals surface area contributed by atoms with E-state index in [1.807, 2.05) is 13.1 Å². The minimum absolute atomic E-state index is 0.259. The second kappa shape index (κ2) is 7.45. The van der Waals surface area contributed by atoms with Gasteiger partial charge in [0.1, 0.15) is 0 Å². The van der Waals surface area contributed by atoms with E-state index in [9.17, 15) is 0 Å². The highest BCUT2D eigenvalue weighted by Crippen LogP contribution is 2.07. The molecular weight excluding hydrogens is 136 g/mol. The summed E-state index contributed by atoms with van der Waals surface area (Å²) in [6, 6.07) is 0. The van der Waals surface area contributed by atoms with Gasteiger partial charge in [0.2, 0.25) is 0 Å². The molecule has 2 heteroatoms. The van der Waals surface area contributed by atoms with Crippen LogP contribution in [0.25, 0.3) is 0 Å². The Labute approximate surface area is 70.5 Å². The normalized spacial score (nSPS) is 11.8. The molecule has 0 aromatic carbocycles. The van der Waals surface area contributed by atoms with Gasteiger partial charge in [0.15, 0.2) is 0 Å². The van der Waals surface area contributed by atoms with Gasteiger partial charge in [-0.15, -0.1) is 0 Å². The van der Waals surface area contributed by atoms with E-state index in [2.05, 4.69) is 30.8 Å². The van der Waals surface area contributed by atoms with Gasteiger partial charge in [-0.3, -0.25) is 0 Å². The predicted molar refractivity (Wildman–Crippen MR) is 54.0 cm³/mol. The third-order valence-electron chi connectivity index (χ3n) is 0.775. The van der Waals surface area contributed by atoms with Crippen LogP contribution in [0, 0.1) is 5.41 Å². The molecule has 0 aromatic heterocycles. The fraction of sp³-hybridized carbons (Fsp3) is 0.778. The molecule has 0 saturated carbocycles. The molecule has 0 N–H and O–H groups in total. The van der Waals surface area contributed by atoms with Crippen molar-refractivity contribution in [2.75, 3.05) is 14.1 Å². The van der Waals surface area contributed by atoms with E-state index < -0.39 is 0 Å². The molecule has 0 amide bonds. The minimum atomic E-state index is 0.259. The average Bonchev–Trinajstić information content (AvgIpc) is 1.86. The monoisotopic (exact) mass is 156 g/mol. The molecule has 0 aliphatic carbocycles. The maximum absolute atomic E-state index is 3.88. The molecule has 0 heterocycles. The molecular formula is C9H20N2. The maximum atomic E-state index is 3.88. The zero-order valence-corrected chi connectivity index (χ0v) is 8.55. The van der Waals surface area contributed by atoms with Crippen LogP contribution in [0.4, 0.5) is 0 Å². The topological polar surface area (TPSA) is 24.7 Å². The van der Waals surface area contributed by atoms with Crippen LogP contribution in [0.2, 0.25) is 0 Å². The first-order valence-corrected chi connectivity index (χ1v) is 3.78. The molecule has 11 heavy (non-hydrogen) atoms. The Hall–Kier alpha value is -0.660. The summed E-state index contributed by atoms with van der Waals surface area (Å²) < 4.78 is 0. The summed E-state index contributed by atoms with van der Waals surface area (Å²) in [7, 11) is 3.55. The van der Waals surface area contributed by atoms with Crippen LogP contribution in [0.1, 0.15) is 27.7 Å². The van der Waals surface area contributed by atoms with Gasteiger partial charge in [-0.1, -0.05) is 20.8 Å². The zero-order valence-electron chi connectivity index (χ0n) is 8.55. The lowest BCUT2D eigenvalue weighted by molar-refractivity contribution is 0.606. The van der Waals surface area contributed by atoms with E-state index in [1.54, 1.807) is 20.3 Å². The van der Waals surface area contributed by atoms with Crippen molar-refractivity contribution >= 4 is 12.4 Å². The lowest BCUT2D eigenvalue weighted by Gasteiger charge is -2.08. The molecule has 0 aromatic rings. The second-order valence-corrected chi connectivity index (χ2v) is 3.27. The Bertz CT molecular complexity index is 114. The smallest absolute Gasteiger partial charge is 0.0273 e. The highest BCUT2D eigenvalue weighted by Gasteiger charge is 2.02. The molecule has 66 valence electrons. The Kier molecular flexibility index (Phi) is 8.78. The van der Waals surface area contributed by atoms with Crippen molar-refractivity contribution < 1.29 is 0 Å². The fourth-order valence-corrected chi connectivity index (χ4v) is 0.387. The number of hydrogen-bond acceptors (Lipinski definition) is 2. The summed E-state index contributed by atoms with van der Waals surface area (Å²) in [4.78, 5) is 7.49. The third-order valence-corrected chi connectivity index (χ3v) is 0.775. The van der Waals surface area contributed by atoms with Crippen LogP contribution >= 0.6 is 0 Å². The molecule has 0 saturated heterocycles. The molecule has 0 atom stereocenters. The molecule has 0 rings (SSSR count). The maximum Gasteiger partial charge on any atom is 0.0273 e. The van der Waals surface area contributed by atoms with Crippen molar-refractivity contribution in [3.63, 3.8) is 0 Å². The van der Waals surface area contributed by atoms with Crippen molar-refractivity contribution in [1.82, 2.24) is 0 Å². The van der Waals surface area contributed by atoms with Crippen LogP contribution in [-0.2, 0) is 0 Å². The number of hydrogen-bond donors (Lipinski definition) is 0. The highest BCUT2D eigenvalue weighted by atomic mass is 14.6.